The summed E-state index contributed by atoms with van der Waals surface area (Å²) in [6.45, 7) is 1.04. The van der Waals surface area contributed by atoms with Gasteiger partial charge in [0, 0.05) is 18.0 Å². The molecule has 1 aromatic rings. The molecule has 0 radical (unpaired) electrons. The number of isocyanates is 1. The average Bonchev–Trinajstić information content (AvgIpc) is 3.06. The van der Waals surface area contributed by atoms with Gasteiger partial charge in [-0.25, -0.2) is 4.79 Å². The Hall–Kier alpha value is -4.10. The van der Waals surface area contributed by atoms with Crippen LogP contribution in [0.5, 0.6) is 0 Å². The highest BCUT2D eigenvalue weighted by molar-refractivity contribution is 5.96. The lowest BCUT2D eigenvalue weighted by Crippen LogP contribution is -2.79. The molecule has 35 heteroatoms. The van der Waals surface area contributed by atoms with Crippen molar-refractivity contribution in [2.45, 2.75) is 115 Å². The van der Waals surface area contributed by atoms with Crippen LogP contribution in [0.2, 0.25) is 0 Å². The minimum atomic E-state index is -10.1. The SMILES string of the molecule is Cc1cc(N=C=O)ccc1C(=O)NC(C)CC(F)(F)C(F)(F)C(F)(F)C(F)(F)C(F)(F)C(F)(F)C(F)(F)C(F)(F)C(F)(F)C(F)(F)C(F)(F)C(F)(F)C(F)(F)C(F)(F)C(F)(F)F. The lowest BCUT2D eigenvalue weighted by molar-refractivity contribution is -0.489. The Morgan fingerprint density at radius 1 is 0.500 bits per heavy atom. The van der Waals surface area contributed by atoms with Crippen LogP contribution in [0, 0.1) is 6.92 Å². The van der Waals surface area contributed by atoms with Crippen molar-refractivity contribution in [3.8, 4) is 0 Å². The molecule has 0 aromatic heterocycles. The number of hydrogen-bond acceptors (Lipinski definition) is 3. The van der Waals surface area contributed by atoms with E-state index >= 15 is 0 Å². The minimum Gasteiger partial charge on any atom is -0.349 e. The van der Waals surface area contributed by atoms with Crippen LogP contribution in [-0.4, -0.2) is 107 Å². The lowest BCUT2D eigenvalue weighted by atomic mass is 9.82. The molecule has 0 heterocycles. The number of carbonyl (C=O) groups excluding carboxylic acids is 2. The zero-order valence-electron chi connectivity index (χ0n) is 28.5. The van der Waals surface area contributed by atoms with Crippen molar-refractivity contribution < 1.29 is 146 Å². The molecule has 1 unspecified atom stereocenters. The number of amides is 1. The number of rotatable bonds is 18. The molecule has 1 N–H and O–H groups in total. The first-order valence-electron chi connectivity index (χ1n) is 14.6. The lowest BCUT2D eigenvalue weighted by Gasteiger charge is -2.46. The molecule has 62 heavy (non-hydrogen) atoms. The number of nitrogens with one attached hydrogen (secondary N) is 1. The Labute approximate surface area is 319 Å². The fourth-order valence-electron chi connectivity index (χ4n) is 4.47. The quantitative estimate of drug-likeness (QED) is 0.0905. The summed E-state index contributed by atoms with van der Waals surface area (Å²) in [6.07, 6.45) is -10.6. The van der Waals surface area contributed by atoms with Crippen LogP contribution in [-0.2, 0) is 4.79 Å². The maximum atomic E-state index is 14.4. The third kappa shape index (κ3) is 7.40. The van der Waals surface area contributed by atoms with Gasteiger partial charge in [0.2, 0.25) is 6.08 Å². The molecular weight excluding hydrogens is 973 g/mol. The number of carbonyl (C=O) groups is 1. The first-order chi connectivity index (χ1) is 26.7. The summed E-state index contributed by atoms with van der Waals surface area (Å²) >= 11 is 0. The third-order valence-corrected chi connectivity index (χ3v) is 8.12. The van der Waals surface area contributed by atoms with Crippen molar-refractivity contribution in [3.05, 3.63) is 29.3 Å². The van der Waals surface area contributed by atoms with Crippen LogP contribution in [0.1, 0.15) is 29.3 Å². The van der Waals surface area contributed by atoms with Crippen molar-refractivity contribution in [3.63, 3.8) is 0 Å². The summed E-state index contributed by atoms with van der Waals surface area (Å²) in [5.74, 6) is -134. The van der Waals surface area contributed by atoms with Crippen LogP contribution in [0.4, 0.5) is 142 Å². The number of hydrogen-bond donors (Lipinski definition) is 1. The van der Waals surface area contributed by atoms with Gasteiger partial charge in [0.15, 0.2) is 0 Å². The molecule has 0 fully saturated rings. The first-order valence-corrected chi connectivity index (χ1v) is 14.6. The van der Waals surface area contributed by atoms with E-state index in [0.29, 0.717) is 6.07 Å². The van der Waals surface area contributed by atoms with Crippen LogP contribution >= 0.6 is 0 Å². The van der Waals surface area contributed by atoms with Crippen molar-refractivity contribution in [1.82, 2.24) is 5.32 Å². The molecule has 1 rings (SSSR count). The van der Waals surface area contributed by atoms with Crippen LogP contribution in [0.15, 0.2) is 23.2 Å². The van der Waals surface area contributed by atoms with E-state index in [0.717, 1.165) is 25.1 Å². The van der Waals surface area contributed by atoms with Gasteiger partial charge in [-0.15, -0.1) is 0 Å². The average molecular weight is 986 g/mol. The number of nitrogens with zero attached hydrogens (tertiary/aromatic N) is 1. The normalized spacial score (nSPS) is 16.2. The molecule has 4 nitrogen and oxygen atoms in total. The van der Waals surface area contributed by atoms with Gasteiger partial charge in [0.25, 0.3) is 5.91 Å². The maximum absolute atomic E-state index is 14.4. The molecular formula is C27H13F31N2O2. The summed E-state index contributed by atoms with van der Waals surface area (Å²) in [7, 11) is 0. The van der Waals surface area contributed by atoms with Crippen molar-refractivity contribution >= 4 is 17.7 Å². The summed E-state index contributed by atoms with van der Waals surface area (Å²) < 4.78 is 427. The summed E-state index contributed by atoms with van der Waals surface area (Å²) in [6, 6.07) is -0.531. The molecule has 0 saturated heterocycles. The number of aryl methyl sites for hydroxylation is 1. The largest absolute Gasteiger partial charge is 0.460 e. The summed E-state index contributed by atoms with van der Waals surface area (Å²) in [4.78, 5) is 25.6. The number of halogens is 31. The Morgan fingerprint density at radius 2 is 0.774 bits per heavy atom. The fourth-order valence-corrected chi connectivity index (χ4v) is 4.47. The molecule has 0 aliphatic heterocycles. The predicted octanol–water partition coefficient (Wildman–Crippen LogP) is 11.9. The fraction of sp³-hybridized carbons (Fsp3) is 0.704. The number of aliphatic imine (C=N–C) groups is 1. The Balaban J connectivity index is 3.82. The zero-order valence-corrected chi connectivity index (χ0v) is 28.5. The Bertz CT molecular complexity index is 1880. The highest BCUT2D eigenvalue weighted by Crippen LogP contribution is 2.69. The molecule has 0 aliphatic rings. The van der Waals surface area contributed by atoms with Gasteiger partial charge in [-0.3, -0.25) is 4.79 Å². The van der Waals surface area contributed by atoms with Crippen LogP contribution < -0.4 is 5.32 Å². The first kappa shape index (κ1) is 55.9. The van der Waals surface area contributed by atoms with Crippen LogP contribution in [0.25, 0.3) is 0 Å². The second-order valence-electron chi connectivity index (χ2n) is 12.5. The maximum Gasteiger partial charge on any atom is 0.460 e. The van der Waals surface area contributed by atoms with Gasteiger partial charge in [0.1, 0.15) is 0 Å². The summed E-state index contributed by atoms with van der Waals surface area (Å²) in [5, 5.41) is 1.26. The molecule has 0 aliphatic carbocycles. The van der Waals surface area contributed by atoms with Gasteiger partial charge in [-0.05, 0) is 37.6 Å². The standard InChI is InChI=1S/C27H13F31N2O2/c1-8-5-10(59-7-61)3-4-11(8)12(62)60-9(2)6-13(28,29)14(30,31)15(32,33)16(34,35)17(36,37)18(38,39)19(40,41)20(42,43)21(44,45)22(46,47)23(48,49)24(50,51)25(52,53)26(54,55)27(56,57)58/h3-5,9H,6H2,1-2H3,(H,60,62). The number of alkyl halides is 31. The van der Waals surface area contributed by atoms with Crippen molar-refractivity contribution in [2.75, 3.05) is 0 Å². The van der Waals surface area contributed by atoms with Gasteiger partial charge in [0.05, 0.1) is 5.69 Å². The molecule has 0 spiro atoms. The van der Waals surface area contributed by atoms with E-state index in [1.165, 1.54) is 5.32 Å². The molecule has 0 saturated carbocycles. The number of benzene rings is 1. The van der Waals surface area contributed by atoms with E-state index in [1.54, 1.807) is 0 Å². The van der Waals surface area contributed by atoms with Crippen molar-refractivity contribution in [1.29, 1.82) is 0 Å². The van der Waals surface area contributed by atoms with E-state index in [9.17, 15) is 146 Å². The Morgan fingerprint density at radius 3 is 1.03 bits per heavy atom. The van der Waals surface area contributed by atoms with E-state index in [-0.39, 0.29) is 18.2 Å². The van der Waals surface area contributed by atoms with E-state index in [1.807, 2.05) is 0 Å². The summed E-state index contributed by atoms with van der Waals surface area (Å²) in [5.41, 5.74) is -1.27. The highest BCUT2D eigenvalue weighted by Gasteiger charge is 3.01. The Kier molecular flexibility index (Phi) is 13.8. The second-order valence-corrected chi connectivity index (χ2v) is 12.5. The predicted molar refractivity (Wildman–Crippen MR) is 136 cm³/mol. The third-order valence-electron chi connectivity index (χ3n) is 8.12. The van der Waals surface area contributed by atoms with Gasteiger partial charge in [-0.1, -0.05) is 0 Å². The van der Waals surface area contributed by atoms with Crippen LogP contribution in [0.3, 0.4) is 0 Å². The van der Waals surface area contributed by atoms with E-state index in [2.05, 4.69) is 4.99 Å². The van der Waals surface area contributed by atoms with Gasteiger partial charge >= 0.3 is 89.1 Å². The van der Waals surface area contributed by atoms with Gasteiger partial charge in [-0.2, -0.15) is 141 Å². The highest BCUT2D eigenvalue weighted by atomic mass is 19.4. The molecule has 1 atom stereocenters. The molecule has 1 aromatic carbocycles. The van der Waals surface area contributed by atoms with Gasteiger partial charge < -0.3 is 5.32 Å². The molecule has 360 valence electrons. The monoisotopic (exact) mass is 986 g/mol. The molecule has 1 amide bonds. The van der Waals surface area contributed by atoms with E-state index in [4.69, 9.17) is 0 Å². The van der Waals surface area contributed by atoms with E-state index < -0.39 is 113 Å². The minimum absolute atomic E-state index is 0.0717. The second kappa shape index (κ2) is 15.3. The zero-order chi connectivity index (χ0) is 50.3. The van der Waals surface area contributed by atoms with Crippen molar-refractivity contribution in [2.24, 2.45) is 4.99 Å². The molecule has 0 bridgehead atoms. The smallest absolute Gasteiger partial charge is 0.349 e. The topological polar surface area (TPSA) is 58.5 Å².